The molecule has 0 aliphatic carbocycles. The Morgan fingerprint density at radius 3 is 2.36 bits per heavy atom. The number of nitro groups is 1. The molecule has 1 heterocycles. The van der Waals surface area contributed by atoms with Crippen LogP contribution in [0, 0.1) is 17.0 Å². The van der Waals surface area contributed by atoms with Gasteiger partial charge in [0.25, 0.3) is 11.6 Å². The third kappa shape index (κ3) is 4.46. The maximum atomic E-state index is 12.4. The summed E-state index contributed by atoms with van der Waals surface area (Å²) in [5.74, 6) is -0.561. The maximum Gasteiger partial charge on any atom is 0.272 e. The van der Waals surface area contributed by atoms with Crippen LogP contribution in [0.4, 0.5) is 11.4 Å². The van der Waals surface area contributed by atoms with Crippen LogP contribution in [-0.2, 0) is 4.79 Å². The summed E-state index contributed by atoms with van der Waals surface area (Å²) >= 11 is 0. The molecule has 1 aliphatic rings. The number of hydrogen-bond acceptors (Lipinski definition) is 5. The highest BCUT2D eigenvalue weighted by atomic mass is 16.6. The second kappa shape index (κ2) is 8.51. The van der Waals surface area contributed by atoms with Crippen molar-refractivity contribution in [2.24, 2.45) is 0 Å². The summed E-state index contributed by atoms with van der Waals surface area (Å²) < 4.78 is 0. The molecule has 2 aromatic carbocycles. The Morgan fingerprint density at radius 2 is 1.75 bits per heavy atom. The van der Waals surface area contributed by atoms with Crippen LogP contribution in [-0.4, -0.2) is 54.4 Å². The lowest BCUT2D eigenvalue weighted by atomic mass is 10.1. The molecule has 1 N–H and O–H groups in total. The average molecular weight is 382 g/mol. The molecule has 8 nitrogen and oxygen atoms in total. The topological polar surface area (TPSA) is 95.8 Å². The quantitative estimate of drug-likeness (QED) is 0.630. The number of nitrogens with zero attached hydrogens (tertiary/aromatic N) is 3. The van der Waals surface area contributed by atoms with Gasteiger partial charge in [0.15, 0.2) is 0 Å². The van der Waals surface area contributed by atoms with Crippen LogP contribution >= 0.6 is 0 Å². The number of aryl methyl sites for hydroxylation is 1. The molecule has 1 saturated heterocycles. The zero-order chi connectivity index (χ0) is 20.1. The van der Waals surface area contributed by atoms with Gasteiger partial charge in [0, 0.05) is 49.1 Å². The van der Waals surface area contributed by atoms with E-state index in [4.69, 9.17) is 0 Å². The predicted octanol–water partition coefficient (Wildman–Crippen LogP) is 1.98. The van der Waals surface area contributed by atoms with Crippen LogP contribution in [0.3, 0.4) is 0 Å². The summed E-state index contributed by atoms with van der Waals surface area (Å²) in [4.78, 5) is 39.0. The van der Waals surface area contributed by atoms with Gasteiger partial charge in [-0.1, -0.05) is 18.2 Å². The molecule has 8 heteroatoms. The minimum Gasteiger partial charge on any atom is -0.368 e. The van der Waals surface area contributed by atoms with Crippen LogP contribution in [0.5, 0.6) is 0 Å². The monoisotopic (exact) mass is 382 g/mol. The highest BCUT2D eigenvalue weighted by Crippen LogP contribution is 2.19. The summed E-state index contributed by atoms with van der Waals surface area (Å²) in [5.41, 5.74) is 1.80. The fourth-order valence-corrected chi connectivity index (χ4v) is 3.22. The van der Waals surface area contributed by atoms with Crippen molar-refractivity contribution in [1.29, 1.82) is 0 Å². The van der Waals surface area contributed by atoms with Gasteiger partial charge in [0.2, 0.25) is 5.91 Å². The lowest BCUT2D eigenvalue weighted by Crippen LogP contribution is -2.51. The van der Waals surface area contributed by atoms with Crippen molar-refractivity contribution in [3.63, 3.8) is 0 Å². The number of piperazine rings is 1. The number of carbonyl (C=O) groups is 2. The molecule has 1 aliphatic heterocycles. The van der Waals surface area contributed by atoms with Crippen LogP contribution in [0.15, 0.2) is 48.5 Å². The standard InChI is InChI=1S/C20H22N4O4/c1-15-13-16(7-8-18(15)24(27)28)20(26)21-14-19(25)23-11-9-22(10-12-23)17-5-3-2-4-6-17/h2-8,13H,9-12,14H2,1H3,(H,21,26). The molecule has 2 aromatic rings. The van der Waals surface area contributed by atoms with Crippen LogP contribution in [0.1, 0.15) is 15.9 Å². The van der Waals surface area contributed by atoms with Crippen LogP contribution in [0.25, 0.3) is 0 Å². The van der Waals surface area contributed by atoms with Gasteiger partial charge in [0.1, 0.15) is 0 Å². The molecule has 0 bridgehead atoms. The van der Waals surface area contributed by atoms with E-state index in [9.17, 15) is 19.7 Å². The van der Waals surface area contributed by atoms with E-state index in [0.717, 1.165) is 18.8 Å². The molecule has 1 fully saturated rings. The van der Waals surface area contributed by atoms with Gasteiger partial charge in [-0.2, -0.15) is 0 Å². The maximum absolute atomic E-state index is 12.4. The number of carbonyl (C=O) groups excluding carboxylic acids is 2. The Labute approximate surface area is 162 Å². The molecule has 28 heavy (non-hydrogen) atoms. The van der Waals surface area contributed by atoms with E-state index in [1.165, 1.54) is 18.2 Å². The summed E-state index contributed by atoms with van der Waals surface area (Å²) in [6, 6.07) is 14.2. The van der Waals surface area contributed by atoms with E-state index < -0.39 is 10.8 Å². The number of para-hydroxylation sites is 1. The normalized spacial score (nSPS) is 13.9. The van der Waals surface area contributed by atoms with E-state index in [2.05, 4.69) is 10.2 Å². The molecule has 0 atom stereocenters. The van der Waals surface area contributed by atoms with Crippen LogP contribution < -0.4 is 10.2 Å². The highest BCUT2D eigenvalue weighted by Gasteiger charge is 2.22. The number of rotatable bonds is 5. The largest absolute Gasteiger partial charge is 0.368 e. The molecule has 146 valence electrons. The van der Waals surface area contributed by atoms with Crippen molar-refractivity contribution in [1.82, 2.24) is 10.2 Å². The lowest BCUT2D eigenvalue weighted by molar-refractivity contribution is -0.385. The first-order valence-corrected chi connectivity index (χ1v) is 9.06. The summed E-state index contributed by atoms with van der Waals surface area (Å²) in [5, 5.41) is 13.5. The predicted molar refractivity (Wildman–Crippen MR) is 105 cm³/mol. The third-order valence-electron chi connectivity index (χ3n) is 4.81. The van der Waals surface area contributed by atoms with Gasteiger partial charge in [-0.25, -0.2) is 0 Å². The first-order chi connectivity index (χ1) is 13.5. The number of benzene rings is 2. The van der Waals surface area contributed by atoms with E-state index in [1.54, 1.807) is 11.8 Å². The van der Waals surface area contributed by atoms with Gasteiger partial charge in [-0.05, 0) is 31.2 Å². The Hall–Kier alpha value is -3.42. The van der Waals surface area contributed by atoms with Gasteiger partial charge in [-0.15, -0.1) is 0 Å². The zero-order valence-electron chi connectivity index (χ0n) is 15.6. The van der Waals surface area contributed by atoms with Gasteiger partial charge >= 0.3 is 0 Å². The minimum absolute atomic E-state index is 0.0380. The smallest absolute Gasteiger partial charge is 0.272 e. The number of hydrogen-bond donors (Lipinski definition) is 1. The third-order valence-corrected chi connectivity index (χ3v) is 4.81. The fraction of sp³-hybridized carbons (Fsp3) is 0.300. The Morgan fingerprint density at radius 1 is 1.07 bits per heavy atom. The van der Waals surface area contributed by atoms with E-state index >= 15 is 0 Å². The van der Waals surface area contributed by atoms with Crippen molar-refractivity contribution in [3.8, 4) is 0 Å². The number of nitro benzene ring substituents is 1. The van der Waals surface area contributed by atoms with E-state index in [-0.39, 0.29) is 18.1 Å². The van der Waals surface area contributed by atoms with E-state index in [1.807, 2.05) is 30.3 Å². The molecule has 0 spiro atoms. The van der Waals surface area contributed by atoms with E-state index in [0.29, 0.717) is 24.2 Å². The summed E-state index contributed by atoms with van der Waals surface area (Å²) in [7, 11) is 0. The first kappa shape index (κ1) is 19.3. The molecular weight excluding hydrogens is 360 g/mol. The molecule has 2 amide bonds. The minimum atomic E-state index is -0.490. The number of amides is 2. The lowest BCUT2D eigenvalue weighted by Gasteiger charge is -2.36. The molecule has 0 aromatic heterocycles. The second-order valence-corrected chi connectivity index (χ2v) is 6.64. The van der Waals surface area contributed by atoms with Crippen LogP contribution in [0.2, 0.25) is 0 Å². The van der Waals surface area contributed by atoms with Crippen molar-refractivity contribution in [2.45, 2.75) is 6.92 Å². The van der Waals surface area contributed by atoms with Crippen molar-refractivity contribution in [3.05, 3.63) is 69.8 Å². The summed E-state index contributed by atoms with van der Waals surface area (Å²) in [6.07, 6.45) is 0. The van der Waals surface area contributed by atoms with Crippen molar-refractivity contribution in [2.75, 3.05) is 37.6 Å². The summed E-state index contributed by atoms with van der Waals surface area (Å²) in [6.45, 7) is 4.16. The molecule has 0 unspecified atom stereocenters. The first-order valence-electron chi connectivity index (χ1n) is 9.06. The Kier molecular flexibility index (Phi) is 5.88. The Balaban J connectivity index is 1.50. The fourth-order valence-electron chi connectivity index (χ4n) is 3.22. The van der Waals surface area contributed by atoms with Gasteiger partial charge in [0.05, 0.1) is 11.5 Å². The highest BCUT2D eigenvalue weighted by molar-refractivity contribution is 5.96. The SMILES string of the molecule is Cc1cc(C(=O)NCC(=O)N2CCN(c3ccccc3)CC2)ccc1[N+](=O)[O-]. The second-order valence-electron chi connectivity index (χ2n) is 6.64. The molecule has 0 radical (unpaired) electrons. The number of anilines is 1. The Bertz CT molecular complexity index is 877. The van der Waals surface area contributed by atoms with Gasteiger partial charge < -0.3 is 15.1 Å². The molecule has 0 saturated carbocycles. The van der Waals surface area contributed by atoms with Crippen molar-refractivity contribution < 1.29 is 14.5 Å². The molecular formula is C20H22N4O4. The molecule has 3 rings (SSSR count). The average Bonchev–Trinajstić information content (AvgIpc) is 2.72. The van der Waals surface area contributed by atoms with Gasteiger partial charge in [-0.3, -0.25) is 19.7 Å². The number of nitrogens with one attached hydrogen (secondary N) is 1. The zero-order valence-corrected chi connectivity index (χ0v) is 15.6. The van der Waals surface area contributed by atoms with Crippen molar-refractivity contribution >= 4 is 23.2 Å².